The molecule has 1 fully saturated rings. The number of hydrogen-bond acceptors (Lipinski definition) is 5. The molecule has 4 rings (SSSR count). The average Bonchev–Trinajstić information content (AvgIpc) is 3.63. The molecule has 2 aromatic carbocycles. The van der Waals surface area contributed by atoms with Crippen molar-refractivity contribution in [2.45, 2.75) is 97.9 Å². The number of ketones is 1. The van der Waals surface area contributed by atoms with Gasteiger partial charge in [0.15, 0.2) is 23.1 Å². The highest BCUT2D eigenvalue weighted by atomic mass is 19.1. The van der Waals surface area contributed by atoms with Crippen LogP contribution >= 0.6 is 0 Å². The summed E-state index contributed by atoms with van der Waals surface area (Å²) in [5, 5.41) is 0. The van der Waals surface area contributed by atoms with Crippen LogP contribution in [0.15, 0.2) is 24.3 Å². The fourth-order valence-corrected chi connectivity index (χ4v) is 5.94. The van der Waals surface area contributed by atoms with Crippen molar-refractivity contribution in [3.05, 3.63) is 57.9 Å². The molecule has 6 heteroatoms. The molecule has 0 atom stereocenters. The second-order valence-electron chi connectivity index (χ2n) is 12.9. The minimum absolute atomic E-state index is 0.00945. The van der Waals surface area contributed by atoms with E-state index in [0.717, 1.165) is 47.4 Å². The third kappa shape index (κ3) is 5.10. The Morgan fingerprint density at radius 3 is 1.98 bits per heavy atom. The Morgan fingerprint density at radius 1 is 0.950 bits per heavy atom. The predicted molar refractivity (Wildman–Crippen MR) is 159 cm³/mol. The predicted octanol–water partition coefficient (Wildman–Crippen LogP) is 8.17. The Hall–Kier alpha value is -3.02. The maximum Gasteiger partial charge on any atom is 0.197 e. The van der Waals surface area contributed by atoms with E-state index >= 15 is 4.39 Å². The highest BCUT2D eigenvalue weighted by Crippen LogP contribution is 2.62. The number of rotatable bonds is 9. The number of benzene rings is 2. The van der Waals surface area contributed by atoms with E-state index in [-0.39, 0.29) is 28.9 Å². The largest absolute Gasteiger partial charge is 0.496 e. The van der Waals surface area contributed by atoms with Crippen LogP contribution in [0.25, 0.3) is 5.70 Å². The number of methoxy groups -OCH3 is 1. The lowest BCUT2D eigenvalue weighted by Gasteiger charge is -2.31. The maximum absolute atomic E-state index is 16.2. The molecule has 0 amide bonds. The van der Waals surface area contributed by atoms with Crippen molar-refractivity contribution >= 4 is 11.5 Å². The molecule has 218 valence electrons. The highest BCUT2D eigenvalue weighted by Gasteiger charge is 2.58. The molecule has 0 unspecified atom stereocenters. The van der Waals surface area contributed by atoms with Crippen LogP contribution in [0.1, 0.15) is 114 Å². The number of hydrogen-bond donors (Lipinski definition) is 0. The monoisotopic (exact) mass is 551 g/mol. The number of Topliss-reactive ketones (excluding diaryl/α,β-unsaturated/α-hetero) is 1. The molecule has 0 aromatic heterocycles. The van der Waals surface area contributed by atoms with Crippen molar-refractivity contribution in [1.82, 2.24) is 4.90 Å². The van der Waals surface area contributed by atoms with Gasteiger partial charge in [-0.1, -0.05) is 54.5 Å². The van der Waals surface area contributed by atoms with E-state index in [1.807, 2.05) is 45.0 Å². The Labute approximate surface area is 239 Å². The van der Waals surface area contributed by atoms with Crippen molar-refractivity contribution in [3.63, 3.8) is 0 Å². The summed E-state index contributed by atoms with van der Waals surface area (Å²) in [7, 11) is 1.70. The molecule has 0 N–H and O–H groups in total. The molecule has 1 heterocycles. The minimum atomic E-state index is -0.407. The molecule has 2 aromatic rings. The molecular weight excluding hydrogens is 505 g/mol. The van der Waals surface area contributed by atoms with Crippen molar-refractivity contribution in [2.24, 2.45) is 0 Å². The molecule has 1 saturated carbocycles. The van der Waals surface area contributed by atoms with Gasteiger partial charge < -0.3 is 19.1 Å². The Morgan fingerprint density at radius 2 is 1.52 bits per heavy atom. The molecule has 0 bridgehead atoms. The average molecular weight is 552 g/mol. The third-order valence-corrected chi connectivity index (χ3v) is 7.99. The van der Waals surface area contributed by atoms with Crippen LogP contribution in [-0.4, -0.2) is 37.6 Å². The van der Waals surface area contributed by atoms with Gasteiger partial charge in [0.2, 0.25) is 0 Å². The van der Waals surface area contributed by atoms with Gasteiger partial charge in [-0.15, -0.1) is 0 Å². The molecule has 1 aliphatic carbocycles. The fourth-order valence-electron chi connectivity index (χ4n) is 5.94. The number of fused-ring (bicyclic) bond motifs is 2. The molecule has 0 radical (unpaired) electrons. The van der Waals surface area contributed by atoms with Crippen LogP contribution < -0.4 is 14.2 Å². The second kappa shape index (κ2) is 10.8. The van der Waals surface area contributed by atoms with Crippen molar-refractivity contribution in [1.29, 1.82) is 0 Å². The molecule has 5 nitrogen and oxygen atoms in total. The standard InChI is InChI=1S/C34H46FNO4/c1-11-14-25-28-22(19-27(39-12-2)31(29(28)35)40-13-3)34(15-16-34)36(25)20-26(37)21-17-23(32(4,5)6)30(38-10)24(18-21)33(7,8)9/h14,17-19H,11-13,15-16,20H2,1-10H3. The topological polar surface area (TPSA) is 48.0 Å². The lowest BCUT2D eigenvalue weighted by Crippen LogP contribution is -2.33. The first kappa shape index (κ1) is 30.0. The zero-order chi connectivity index (χ0) is 29.6. The van der Waals surface area contributed by atoms with E-state index in [2.05, 4.69) is 46.4 Å². The van der Waals surface area contributed by atoms with Gasteiger partial charge in [-0.2, -0.15) is 0 Å². The first-order valence-electron chi connectivity index (χ1n) is 14.6. The van der Waals surface area contributed by atoms with Gasteiger partial charge in [0.25, 0.3) is 0 Å². The summed E-state index contributed by atoms with van der Waals surface area (Å²) < 4.78 is 33.7. The first-order valence-corrected chi connectivity index (χ1v) is 14.6. The van der Waals surface area contributed by atoms with Crippen LogP contribution in [0.3, 0.4) is 0 Å². The zero-order valence-electron chi connectivity index (χ0n) is 26.0. The van der Waals surface area contributed by atoms with Gasteiger partial charge in [0, 0.05) is 28.0 Å². The number of ether oxygens (including phenoxy) is 3. The van der Waals surface area contributed by atoms with Crippen LogP contribution in [0.2, 0.25) is 0 Å². The van der Waals surface area contributed by atoms with E-state index in [9.17, 15) is 4.79 Å². The minimum Gasteiger partial charge on any atom is -0.496 e. The summed E-state index contributed by atoms with van der Waals surface area (Å²) in [4.78, 5) is 16.3. The zero-order valence-corrected chi connectivity index (χ0v) is 26.0. The summed E-state index contributed by atoms with van der Waals surface area (Å²) >= 11 is 0. The lowest BCUT2D eigenvalue weighted by atomic mass is 9.78. The molecule has 1 spiro atoms. The number of halogens is 1. The maximum atomic E-state index is 16.2. The number of nitrogens with zero attached hydrogens (tertiary/aromatic N) is 1. The van der Waals surface area contributed by atoms with Gasteiger partial charge in [0.05, 0.1) is 32.4 Å². The van der Waals surface area contributed by atoms with E-state index in [4.69, 9.17) is 14.2 Å². The molecule has 40 heavy (non-hydrogen) atoms. The Kier molecular flexibility index (Phi) is 8.05. The van der Waals surface area contributed by atoms with Crippen LogP contribution in [0.4, 0.5) is 4.39 Å². The molecule has 1 aliphatic heterocycles. The van der Waals surface area contributed by atoms with Crippen LogP contribution in [0.5, 0.6) is 17.2 Å². The van der Waals surface area contributed by atoms with Crippen molar-refractivity contribution in [3.8, 4) is 17.2 Å². The van der Waals surface area contributed by atoms with Gasteiger partial charge in [-0.25, -0.2) is 4.39 Å². The molecule has 2 aliphatic rings. The van der Waals surface area contributed by atoms with E-state index in [0.29, 0.717) is 30.1 Å². The first-order chi connectivity index (χ1) is 18.7. The Bertz CT molecular complexity index is 1290. The fraction of sp³-hybridized carbons (Fsp3) is 0.559. The van der Waals surface area contributed by atoms with E-state index in [1.165, 1.54) is 0 Å². The number of allylic oxidation sites excluding steroid dienone is 1. The highest BCUT2D eigenvalue weighted by molar-refractivity contribution is 6.00. The third-order valence-electron chi connectivity index (χ3n) is 7.99. The number of carbonyl (C=O) groups is 1. The smallest absolute Gasteiger partial charge is 0.197 e. The van der Waals surface area contributed by atoms with Gasteiger partial charge >= 0.3 is 0 Å². The second-order valence-corrected chi connectivity index (χ2v) is 12.9. The lowest BCUT2D eigenvalue weighted by molar-refractivity contribution is 0.0938. The van der Waals surface area contributed by atoms with Crippen LogP contribution in [0, 0.1) is 5.82 Å². The summed E-state index contributed by atoms with van der Waals surface area (Å²) in [6.07, 6.45) is 4.47. The van der Waals surface area contributed by atoms with E-state index in [1.54, 1.807) is 7.11 Å². The van der Waals surface area contributed by atoms with Crippen LogP contribution in [-0.2, 0) is 16.4 Å². The SMILES string of the molecule is CCC=C1c2c(cc(OCC)c(OCC)c2F)C2(CC2)N1CC(=O)c1cc(C(C)(C)C)c(OC)c(C(C)(C)C)c1. The summed E-state index contributed by atoms with van der Waals surface area (Å²) in [6.45, 7) is 19.5. The van der Waals surface area contributed by atoms with Gasteiger partial charge in [0.1, 0.15) is 5.75 Å². The normalized spacial score (nSPS) is 16.9. The molecule has 0 saturated heterocycles. The summed E-state index contributed by atoms with van der Waals surface area (Å²) in [6, 6.07) is 5.92. The summed E-state index contributed by atoms with van der Waals surface area (Å²) in [5.74, 6) is 1.02. The van der Waals surface area contributed by atoms with Crippen molar-refractivity contribution < 1.29 is 23.4 Å². The quantitative estimate of drug-likeness (QED) is 0.294. The number of carbonyl (C=O) groups excluding carboxylic acids is 1. The van der Waals surface area contributed by atoms with Crippen molar-refractivity contribution in [2.75, 3.05) is 26.9 Å². The van der Waals surface area contributed by atoms with Gasteiger partial charge in [-0.05, 0) is 67.7 Å². The Balaban J connectivity index is 1.83. The van der Waals surface area contributed by atoms with Gasteiger partial charge in [-0.3, -0.25) is 4.79 Å². The molecular formula is C34H46FNO4. The van der Waals surface area contributed by atoms with E-state index < -0.39 is 11.4 Å². The summed E-state index contributed by atoms with van der Waals surface area (Å²) in [5.41, 5.74) is 4.04.